The maximum absolute atomic E-state index is 11.8. The molecular weight excluding hydrogens is 224 g/mol. The highest BCUT2D eigenvalue weighted by molar-refractivity contribution is 6.31. The Balaban J connectivity index is 2.77. The highest BCUT2D eigenvalue weighted by Crippen LogP contribution is 2.23. The fraction of sp³-hybridized carbons (Fsp3) is 0.417. The third kappa shape index (κ3) is 3.14. The topological polar surface area (TPSA) is 55.1 Å². The van der Waals surface area contributed by atoms with Gasteiger partial charge in [0.1, 0.15) is 0 Å². The number of anilines is 2. The second-order valence-electron chi connectivity index (χ2n) is 4.25. The molecule has 0 fully saturated rings. The van der Waals surface area contributed by atoms with Gasteiger partial charge in [0.2, 0.25) is 5.91 Å². The normalized spacial score (nSPS) is 12.6. The summed E-state index contributed by atoms with van der Waals surface area (Å²) in [5.41, 5.74) is 6.84. The molecule has 0 aromatic heterocycles. The van der Waals surface area contributed by atoms with E-state index in [9.17, 15) is 4.79 Å². The van der Waals surface area contributed by atoms with Crippen molar-refractivity contribution >= 4 is 28.9 Å². The van der Waals surface area contributed by atoms with Crippen molar-refractivity contribution < 1.29 is 4.79 Å². The van der Waals surface area contributed by atoms with Gasteiger partial charge >= 0.3 is 0 Å². The minimum atomic E-state index is -0.0462. The molecule has 1 amide bonds. The lowest BCUT2D eigenvalue weighted by molar-refractivity contribution is -0.120. The van der Waals surface area contributed by atoms with Crippen LogP contribution in [0.4, 0.5) is 11.4 Å². The number of amides is 1. The Kier molecular flexibility index (Phi) is 4.19. The van der Waals surface area contributed by atoms with Crippen LogP contribution in [0.3, 0.4) is 0 Å². The first-order valence-corrected chi connectivity index (χ1v) is 5.65. The van der Waals surface area contributed by atoms with Gasteiger partial charge in [-0.15, -0.1) is 0 Å². The van der Waals surface area contributed by atoms with E-state index in [1.54, 1.807) is 18.2 Å². The van der Waals surface area contributed by atoms with Gasteiger partial charge in [0, 0.05) is 10.9 Å². The molecule has 3 nitrogen and oxygen atoms in total. The largest absolute Gasteiger partial charge is 0.397 e. The summed E-state index contributed by atoms with van der Waals surface area (Å²) in [6.07, 6.45) is 0. The van der Waals surface area contributed by atoms with E-state index in [1.807, 2.05) is 20.8 Å². The van der Waals surface area contributed by atoms with Crippen molar-refractivity contribution in [2.45, 2.75) is 20.8 Å². The molecule has 3 N–H and O–H groups in total. The third-order valence-electron chi connectivity index (χ3n) is 2.69. The van der Waals surface area contributed by atoms with Crippen LogP contribution in [0.1, 0.15) is 20.8 Å². The van der Waals surface area contributed by atoms with E-state index < -0.39 is 0 Å². The fourth-order valence-electron chi connectivity index (χ4n) is 1.20. The van der Waals surface area contributed by atoms with Crippen molar-refractivity contribution in [3.05, 3.63) is 23.2 Å². The number of carbonyl (C=O) groups excluding carboxylic acids is 1. The monoisotopic (exact) mass is 240 g/mol. The van der Waals surface area contributed by atoms with Crippen LogP contribution in [-0.4, -0.2) is 5.91 Å². The van der Waals surface area contributed by atoms with E-state index >= 15 is 0 Å². The Hall–Kier alpha value is -1.22. The molecule has 0 radical (unpaired) electrons. The predicted octanol–water partition coefficient (Wildman–Crippen LogP) is 3.15. The molecule has 0 heterocycles. The number of benzene rings is 1. The second-order valence-corrected chi connectivity index (χ2v) is 4.69. The molecule has 0 saturated heterocycles. The van der Waals surface area contributed by atoms with Crippen molar-refractivity contribution in [2.24, 2.45) is 11.8 Å². The van der Waals surface area contributed by atoms with Gasteiger partial charge < -0.3 is 11.1 Å². The van der Waals surface area contributed by atoms with Crippen LogP contribution in [0.15, 0.2) is 18.2 Å². The van der Waals surface area contributed by atoms with Crippen molar-refractivity contribution in [1.82, 2.24) is 0 Å². The van der Waals surface area contributed by atoms with Crippen molar-refractivity contribution in [3.8, 4) is 0 Å². The lowest BCUT2D eigenvalue weighted by atomic mass is 9.97. The van der Waals surface area contributed by atoms with E-state index in [4.69, 9.17) is 17.3 Å². The zero-order chi connectivity index (χ0) is 12.3. The molecule has 16 heavy (non-hydrogen) atoms. The predicted molar refractivity (Wildman–Crippen MR) is 68.5 cm³/mol. The second kappa shape index (κ2) is 5.21. The molecule has 0 spiro atoms. The molecule has 0 aliphatic heterocycles. The number of halogens is 1. The molecule has 0 aliphatic rings. The molecule has 1 aromatic rings. The van der Waals surface area contributed by atoms with E-state index in [-0.39, 0.29) is 11.8 Å². The Bertz CT molecular complexity index is 391. The zero-order valence-corrected chi connectivity index (χ0v) is 10.5. The molecule has 0 bridgehead atoms. The maximum atomic E-state index is 11.8. The van der Waals surface area contributed by atoms with Gasteiger partial charge in [-0.05, 0) is 24.1 Å². The quantitative estimate of drug-likeness (QED) is 0.798. The summed E-state index contributed by atoms with van der Waals surface area (Å²) in [5, 5.41) is 3.36. The van der Waals surface area contributed by atoms with Gasteiger partial charge in [0.15, 0.2) is 0 Å². The summed E-state index contributed by atoms with van der Waals surface area (Å²) in [7, 11) is 0. The summed E-state index contributed by atoms with van der Waals surface area (Å²) in [4.78, 5) is 11.8. The van der Waals surface area contributed by atoms with Gasteiger partial charge in [0.25, 0.3) is 0 Å². The molecule has 1 aromatic carbocycles. The molecule has 1 rings (SSSR count). The van der Waals surface area contributed by atoms with Crippen LogP contribution in [-0.2, 0) is 4.79 Å². The average molecular weight is 241 g/mol. The number of hydrogen-bond acceptors (Lipinski definition) is 2. The molecule has 88 valence electrons. The van der Waals surface area contributed by atoms with Gasteiger partial charge in [-0.3, -0.25) is 4.79 Å². The summed E-state index contributed by atoms with van der Waals surface area (Å²) in [5.74, 6) is 0.229. The van der Waals surface area contributed by atoms with Gasteiger partial charge in [-0.1, -0.05) is 32.4 Å². The minimum Gasteiger partial charge on any atom is -0.397 e. The van der Waals surface area contributed by atoms with Crippen LogP contribution in [0.25, 0.3) is 0 Å². The minimum absolute atomic E-state index is 0.0241. The fourth-order valence-corrected chi connectivity index (χ4v) is 1.38. The van der Waals surface area contributed by atoms with E-state index in [2.05, 4.69) is 5.32 Å². The van der Waals surface area contributed by atoms with E-state index in [1.165, 1.54) is 0 Å². The number of rotatable bonds is 3. The lowest BCUT2D eigenvalue weighted by Crippen LogP contribution is -2.24. The zero-order valence-electron chi connectivity index (χ0n) is 9.75. The number of nitrogen functional groups attached to an aromatic ring is 1. The number of nitrogens with one attached hydrogen (secondary N) is 1. The Morgan fingerprint density at radius 1 is 1.38 bits per heavy atom. The Morgan fingerprint density at radius 3 is 2.50 bits per heavy atom. The SMILES string of the molecule is CC(C)C(C)C(=O)Nc1ccc(Cl)cc1N. The summed E-state index contributed by atoms with van der Waals surface area (Å²) >= 11 is 5.77. The molecule has 1 atom stereocenters. The summed E-state index contributed by atoms with van der Waals surface area (Å²) < 4.78 is 0. The Labute approximate surface area is 101 Å². The third-order valence-corrected chi connectivity index (χ3v) is 2.92. The molecule has 1 unspecified atom stereocenters. The molecule has 0 saturated carbocycles. The van der Waals surface area contributed by atoms with E-state index in [0.717, 1.165) is 0 Å². The molecular formula is C12H17ClN2O. The number of carbonyl (C=O) groups is 1. The Morgan fingerprint density at radius 2 is 2.00 bits per heavy atom. The van der Waals surface area contributed by atoms with Crippen molar-refractivity contribution in [2.75, 3.05) is 11.1 Å². The maximum Gasteiger partial charge on any atom is 0.227 e. The molecule has 4 heteroatoms. The average Bonchev–Trinajstić information content (AvgIpc) is 2.20. The van der Waals surface area contributed by atoms with E-state index in [0.29, 0.717) is 22.3 Å². The van der Waals surface area contributed by atoms with Gasteiger partial charge in [-0.2, -0.15) is 0 Å². The smallest absolute Gasteiger partial charge is 0.227 e. The standard InChI is InChI=1S/C12H17ClN2O/c1-7(2)8(3)12(16)15-11-5-4-9(13)6-10(11)14/h4-8H,14H2,1-3H3,(H,15,16). The van der Waals surface area contributed by atoms with Crippen LogP contribution in [0.2, 0.25) is 5.02 Å². The first kappa shape index (κ1) is 12.8. The molecule has 0 aliphatic carbocycles. The van der Waals surface area contributed by atoms with Crippen LogP contribution in [0, 0.1) is 11.8 Å². The summed E-state index contributed by atoms with van der Waals surface area (Å²) in [6.45, 7) is 5.91. The van der Waals surface area contributed by atoms with Crippen molar-refractivity contribution in [1.29, 1.82) is 0 Å². The first-order valence-electron chi connectivity index (χ1n) is 5.27. The van der Waals surface area contributed by atoms with Gasteiger partial charge in [0.05, 0.1) is 11.4 Å². The highest BCUT2D eigenvalue weighted by Gasteiger charge is 2.17. The van der Waals surface area contributed by atoms with Crippen molar-refractivity contribution in [3.63, 3.8) is 0 Å². The van der Waals surface area contributed by atoms with Crippen LogP contribution < -0.4 is 11.1 Å². The number of hydrogen-bond donors (Lipinski definition) is 2. The first-order chi connectivity index (χ1) is 7.41. The van der Waals surface area contributed by atoms with Crippen LogP contribution >= 0.6 is 11.6 Å². The lowest BCUT2D eigenvalue weighted by Gasteiger charge is -2.16. The number of nitrogens with two attached hydrogens (primary N) is 1. The van der Waals surface area contributed by atoms with Gasteiger partial charge in [-0.25, -0.2) is 0 Å². The summed E-state index contributed by atoms with van der Waals surface area (Å²) in [6, 6.07) is 5.04. The van der Waals surface area contributed by atoms with Crippen LogP contribution in [0.5, 0.6) is 0 Å². The highest BCUT2D eigenvalue weighted by atomic mass is 35.5.